The summed E-state index contributed by atoms with van der Waals surface area (Å²) in [6, 6.07) is 3.42. The third-order valence-electron chi connectivity index (χ3n) is 2.80. The molecule has 2 rings (SSSR count). The maximum Gasteiger partial charge on any atom is 0.316 e. The fourth-order valence-corrected chi connectivity index (χ4v) is 2.68. The molecule has 0 atom stereocenters. The van der Waals surface area contributed by atoms with Crippen LogP contribution in [-0.2, 0) is 0 Å². The Hall–Kier alpha value is -2.35. The number of anilines is 1. The van der Waals surface area contributed by atoms with Gasteiger partial charge >= 0.3 is 6.03 Å². The average molecular weight is 307 g/mol. The number of thiophene rings is 1. The van der Waals surface area contributed by atoms with Crippen LogP contribution in [0.4, 0.5) is 10.5 Å². The zero-order valence-electron chi connectivity index (χ0n) is 11.8. The Bertz CT molecular complexity index is 668. The Morgan fingerprint density at radius 1 is 1.33 bits per heavy atom. The lowest BCUT2D eigenvalue weighted by molar-refractivity contribution is 0.0958. The van der Waals surface area contributed by atoms with Gasteiger partial charge in [0.25, 0.3) is 5.91 Å². The number of rotatable bonds is 4. The highest BCUT2D eigenvalue weighted by atomic mass is 32.1. The predicted molar refractivity (Wildman–Crippen MR) is 83.5 cm³/mol. The van der Waals surface area contributed by atoms with Gasteiger partial charge in [0, 0.05) is 38.8 Å². The van der Waals surface area contributed by atoms with Crippen LogP contribution in [0.1, 0.15) is 9.67 Å². The normalized spacial score (nSPS) is 10.4. The first-order valence-corrected chi connectivity index (χ1v) is 7.18. The summed E-state index contributed by atoms with van der Waals surface area (Å²) in [7, 11) is 3.30. The standard InChI is InChI=1S/C13H17N5O2S/c1-18(2)13(20)17-7-6-15-11(19)10-9(14)8-4-3-5-16-12(8)21-10/h3-5H,6-7,14H2,1-2H3,(H,15,19)(H,17,20). The van der Waals surface area contributed by atoms with Crippen LogP contribution in [0.25, 0.3) is 10.2 Å². The number of amides is 3. The van der Waals surface area contributed by atoms with E-state index in [1.807, 2.05) is 6.07 Å². The van der Waals surface area contributed by atoms with Gasteiger partial charge in [-0.1, -0.05) is 0 Å². The molecule has 0 fully saturated rings. The Balaban J connectivity index is 1.94. The SMILES string of the molecule is CN(C)C(=O)NCCNC(=O)c1sc2ncccc2c1N. The lowest BCUT2D eigenvalue weighted by atomic mass is 10.2. The minimum Gasteiger partial charge on any atom is -0.397 e. The molecule has 0 saturated heterocycles. The molecule has 7 nitrogen and oxygen atoms in total. The molecule has 0 aromatic carbocycles. The minimum atomic E-state index is -0.255. The van der Waals surface area contributed by atoms with Crippen LogP contribution in [0.3, 0.4) is 0 Å². The molecule has 2 heterocycles. The van der Waals surface area contributed by atoms with Gasteiger partial charge in [-0.25, -0.2) is 9.78 Å². The fourth-order valence-electron chi connectivity index (χ4n) is 1.70. The largest absolute Gasteiger partial charge is 0.397 e. The molecule has 2 aromatic heterocycles. The number of hydrogen-bond acceptors (Lipinski definition) is 5. The molecule has 0 radical (unpaired) electrons. The van der Waals surface area contributed by atoms with E-state index in [1.54, 1.807) is 26.4 Å². The van der Waals surface area contributed by atoms with Gasteiger partial charge in [-0.2, -0.15) is 0 Å². The van der Waals surface area contributed by atoms with E-state index < -0.39 is 0 Å². The maximum atomic E-state index is 12.1. The predicted octanol–water partition coefficient (Wildman–Crippen LogP) is 0.879. The van der Waals surface area contributed by atoms with Gasteiger partial charge in [0.2, 0.25) is 0 Å². The number of aromatic nitrogens is 1. The molecule has 3 amide bonds. The number of urea groups is 1. The van der Waals surface area contributed by atoms with Crippen LogP contribution in [0.15, 0.2) is 18.3 Å². The molecule has 0 aliphatic carbocycles. The van der Waals surface area contributed by atoms with E-state index in [9.17, 15) is 9.59 Å². The second-order valence-electron chi connectivity index (χ2n) is 4.58. The number of fused-ring (bicyclic) bond motifs is 1. The molecule has 112 valence electrons. The maximum absolute atomic E-state index is 12.1. The van der Waals surface area contributed by atoms with Crippen molar-refractivity contribution >= 4 is 39.2 Å². The van der Waals surface area contributed by atoms with Crippen molar-refractivity contribution in [3.05, 3.63) is 23.2 Å². The highest BCUT2D eigenvalue weighted by molar-refractivity contribution is 7.21. The number of carbonyl (C=O) groups is 2. The molecule has 0 aliphatic rings. The Labute approximate surface area is 126 Å². The average Bonchev–Trinajstić information content (AvgIpc) is 2.81. The zero-order valence-corrected chi connectivity index (χ0v) is 12.7. The summed E-state index contributed by atoms with van der Waals surface area (Å²) in [5.74, 6) is -0.255. The number of nitrogens with two attached hydrogens (primary N) is 1. The lowest BCUT2D eigenvalue weighted by Gasteiger charge is -2.12. The lowest BCUT2D eigenvalue weighted by Crippen LogP contribution is -2.39. The summed E-state index contributed by atoms with van der Waals surface area (Å²) in [6.07, 6.45) is 1.66. The first kappa shape index (κ1) is 15.0. The molecular formula is C13H17N5O2S. The van der Waals surface area contributed by atoms with Crippen molar-refractivity contribution < 1.29 is 9.59 Å². The number of carbonyl (C=O) groups excluding carboxylic acids is 2. The molecule has 0 aliphatic heterocycles. The first-order chi connectivity index (χ1) is 10.0. The number of nitrogens with one attached hydrogen (secondary N) is 2. The van der Waals surface area contributed by atoms with Gasteiger partial charge in [-0.15, -0.1) is 11.3 Å². The Morgan fingerprint density at radius 2 is 2.05 bits per heavy atom. The van der Waals surface area contributed by atoms with Gasteiger partial charge in [-0.05, 0) is 12.1 Å². The number of nitrogen functional groups attached to an aromatic ring is 1. The first-order valence-electron chi connectivity index (χ1n) is 6.37. The number of pyridine rings is 1. The molecule has 0 unspecified atom stereocenters. The van der Waals surface area contributed by atoms with Crippen molar-refractivity contribution in [2.75, 3.05) is 32.9 Å². The summed E-state index contributed by atoms with van der Waals surface area (Å²) < 4.78 is 0. The van der Waals surface area contributed by atoms with Crippen LogP contribution in [-0.4, -0.2) is 49.0 Å². The number of hydrogen-bond donors (Lipinski definition) is 3. The van der Waals surface area contributed by atoms with Gasteiger partial charge in [0.1, 0.15) is 9.71 Å². The molecule has 0 spiro atoms. The topological polar surface area (TPSA) is 100 Å². The molecule has 4 N–H and O–H groups in total. The second-order valence-corrected chi connectivity index (χ2v) is 5.58. The van der Waals surface area contributed by atoms with Crippen molar-refractivity contribution in [1.29, 1.82) is 0 Å². The summed E-state index contributed by atoms with van der Waals surface area (Å²) in [4.78, 5) is 30.2. The van der Waals surface area contributed by atoms with Crippen LogP contribution >= 0.6 is 11.3 Å². The van der Waals surface area contributed by atoms with Crippen molar-refractivity contribution in [1.82, 2.24) is 20.5 Å². The third-order valence-corrected chi connectivity index (χ3v) is 3.93. The molecule has 0 bridgehead atoms. The summed E-state index contributed by atoms with van der Waals surface area (Å²) in [5.41, 5.74) is 6.41. The van der Waals surface area contributed by atoms with Crippen molar-refractivity contribution in [2.45, 2.75) is 0 Å². The van der Waals surface area contributed by atoms with E-state index in [0.717, 1.165) is 10.2 Å². The Morgan fingerprint density at radius 3 is 2.71 bits per heavy atom. The van der Waals surface area contributed by atoms with Gasteiger partial charge < -0.3 is 21.3 Å². The highest BCUT2D eigenvalue weighted by Crippen LogP contribution is 2.31. The summed E-state index contributed by atoms with van der Waals surface area (Å²) >= 11 is 1.26. The van der Waals surface area contributed by atoms with E-state index in [1.165, 1.54) is 16.2 Å². The quantitative estimate of drug-likeness (QED) is 0.730. The van der Waals surface area contributed by atoms with Crippen molar-refractivity contribution in [3.8, 4) is 0 Å². The minimum absolute atomic E-state index is 0.199. The van der Waals surface area contributed by atoms with E-state index in [4.69, 9.17) is 5.73 Å². The van der Waals surface area contributed by atoms with Gasteiger partial charge in [-0.3, -0.25) is 4.79 Å². The van der Waals surface area contributed by atoms with Gasteiger partial charge in [0.05, 0.1) is 5.69 Å². The molecule has 21 heavy (non-hydrogen) atoms. The summed E-state index contributed by atoms with van der Waals surface area (Å²) in [6.45, 7) is 0.686. The monoisotopic (exact) mass is 307 g/mol. The second kappa shape index (κ2) is 6.40. The van der Waals surface area contributed by atoms with Crippen LogP contribution in [0.5, 0.6) is 0 Å². The van der Waals surface area contributed by atoms with Gasteiger partial charge in [0.15, 0.2) is 0 Å². The fraction of sp³-hybridized carbons (Fsp3) is 0.308. The molecule has 0 saturated carbocycles. The van der Waals surface area contributed by atoms with E-state index in [2.05, 4.69) is 15.6 Å². The van der Waals surface area contributed by atoms with E-state index in [-0.39, 0.29) is 11.9 Å². The van der Waals surface area contributed by atoms with Crippen molar-refractivity contribution in [3.63, 3.8) is 0 Å². The Kier molecular flexibility index (Phi) is 4.59. The van der Waals surface area contributed by atoms with E-state index in [0.29, 0.717) is 23.7 Å². The molecular weight excluding hydrogens is 290 g/mol. The van der Waals surface area contributed by atoms with Crippen LogP contribution < -0.4 is 16.4 Å². The zero-order chi connectivity index (χ0) is 15.4. The molecule has 8 heteroatoms. The highest BCUT2D eigenvalue weighted by Gasteiger charge is 2.16. The molecule has 2 aromatic rings. The number of nitrogens with zero attached hydrogens (tertiary/aromatic N) is 2. The van der Waals surface area contributed by atoms with Crippen molar-refractivity contribution in [2.24, 2.45) is 0 Å². The summed E-state index contributed by atoms with van der Waals surface area (Å²) in [5, 5.41) is 6.17. The smallest absolute Gasteiger partial charge is 0.316 e. The van der Waals surface area contributed by atoms with Crippen LogP contribution in [0, 0.1) is 0 Å². The third kappa shape index (κ3) is 3.40. The van der Waals surface area contributed by atoms with Crippen LogP contribution in [0.2, 0.25) is 0 Å². The van der Waals surface area contributed by atoms with E-state index >= 15 is 0 Å².